The first kappa shape index (κ1) is 28.3. The van der Waals surface area contributed by atoms with Gasteiger partial charge in [0.05, 0.1) is 11.1 Å². The van der Waals surface area contributed by atoms with Gasteiger partial charge in [0.2, 0.25) is 0 Å². The van der Waals surface area contributed by atoms with Gasteiger partial charge in [-0.2, -0.15) is 13.2 Å². The Labute approximate surface area is 213 Å². The number of carbonyl (C=O) groups is 3. The van der Waals surface area contributed by atoms with E-state index in [4.69, 9.17) is 20.1 Å². The van der Waals surface area contributed by atoms with Crippen LogP contribution in [0, 0.1) is 0 Å². The van der Waals surface area contributed by atoms with Crippen LogP contribution in [0.4, 0.5) is 18.0 Å². The number of alkyl halides is 3. The van der Waals surface area contributed by atoms with Crippen LogP contribution in [0.3, 0.4) is 0 Å². The van der Waals surface area contributed by atoms with Crippen LogP contribution < -0.4 is 118 Å². The molecule has 0 bridgehead atoms. The van der Waals surface area contributed by atoms with Crippen molar-refractivity contribution in [3.63, 3.8) is 0 Å². The van der Waals surface area contributed by atoms with Crippen LogP contribution >= 0.6 is 0 Å². The van der Waals surface area contributed by atoms with E-state index < -0.39 is 30.5 Å². The maximum absolute atomic E-state index is 12.3. The first-order valence-corrected chi connectivity index (χ1v) is 4.97. The Morgan fingerprint density at radius 3 is 2.04 bits per heavy atom. The van der Waals surface area contributed by atoms with Gasteiger partial charge < -0.3 is 24.9 Å². The minimum Gasteiger partial charge on any atom is -0.652 e. The third-order valence-electron chi connectivity index (χ3n) is 1.82. The van der Waals surface area contributed by atoms with Crippen LogP contribution in [0.25, 0.3) is 0 Å². The summed E-state index contributed by atoms with van der Waals surface area (Å²) in [5, 5.41) is 25.0. The number of aldehydes is 1. The smallest absolute Gasteiger partial charge is 0.652 e. The molecule has 0 spiro atoms. The van der Waals surface area contributed by atoms with E-state index in [1.165, 1.54) is 0 Å². The molecule has 0 fully saturated rings. The van der Waals surface area contributed by atoms with Crippen molar-refractivity contribution >= 4 is 18.4 Å². The van der Waals surface area contributed by atoms with Crippen molar-refractivity contribution in [2.24, 2.45) is 0 Å². The molecule has 0 saturated heterocycles. The maximum Gasteiger partial charge on any atom is 1.00 e. The van der Waals surface area contributed by atoms with Crippen LogP contribution in [0.1, 0.15) is 15.9 Å². The molecular formula is C11H7F3K2O7. The fourth-order valence-corrected chi connectivity index (χ4v) is 1.09. The van der Waals surface area contributed by atoms with Crippen molar-refractivity contribution in [3.05, 3.63) is 29.3 Å². The first-order valence-electron chi connectivity index (χ1n) is 4.97. The molecule has 1 rings (SSSR count). The molecule has 0 aliphatic rings. The molecule has 0 aromatic heterocycles. The molecule has 0 unspecified atom stereocenters. The minimum atomic E-state index is -4.57. The van der Waals surface area contributed by atoms with Gasteiger partial charge >= 0.3 is 115 Å². The third-order valence-corrected chi connectivity index (χ3v) is 1.82. The molecule has 0 radical (unpaired) electrons. The predicted molar refractivity (Wildman–Crippen MR) is 55.4 cm³/mol. The Hall–Kier alpha value is 0.493. The van der Waals surface area contributed by atoms with E-state index in [0.29, 0.717) is 12.1 Å². The van der Waals surface area contributed by atoms with E-state index in [2.05, 4.69) is 4.74 Å². The number of rotatable bonds is 4. The number of benzene rings is 1. The molecule has 1 N–H and O–H groups in total. The Morgan fingerprint density at radius 1 is 1.22 bits per heavy atom. The molecule has 0 aliphatic carbocycles. The monoisotopic (exact) mass is 386 g/mol. The number of ether oxygens (including phenoxy) is 1. The molecule has 1 aromatic rings. The van der Waals surface area contributed by atoms with Gasteiger partial charge in [-0.1, -0.05) is 0 Å². The third kappa shape index (κ3) is 13.5. The molecule has 1 aromatic carbocycles. The molecular weight excluding hydrogens is 379 g/mol. The van der Waals surface area contributed by atoms with E-state index in [9.17, 15) is 22.8 Å². The van der Waals surface area contributed by atoms with Crippen LogP contribution in [-0.4, -0.2) is 30.1 Å². The van der Waals surface area contributed by atoms with Gasteiger partial charge in [-0.25, -0.2) is 4.79 Å². The number of aliphatic carboxylic acids is 1. The minimum absolute atomic E-state index is 0. The Balaban J connectivity index is -0.000000598. The number of carboxylic acid groups (broad SMARTS) is 3. The predicted octanol–water partition coefficient (Wildman–Crippen LogP) is -6.46. The van der Waals surface area contributed by atoms with Crippen molar-refractivity contribution in [1.29, 1.82) is 0 Å². The summed E-state index contributed by atoms with van der Waals surface area (Å²) in [7, 11) is 0. The van der Waals surface area contributed by atoms with Gasteiger partial charge in [0.1, 0.15) is 5.75 Å². The summed E-state index contributed by atoms with van der Waals surface area (Å²) in [6.45, 7) is -0.730. The summed E-state index contributed by atoms with van der Waals surface area (Å²) in [4.78, 5) is 29.1. The molecule has 0 atom stereocenters. The van der Waals surface area contributed by atoms with Crippen molar-refractivity contribution in [3.8, 4) is 5.75 Å². The molecule has 0 aliphatic heterocycles. The molecule has 0 heterocycles. The van der Waals surface area contributed by atoms with E-state index in [0.717, 1.165) is 6.07 Å². The van der Waals surface area contributed by atoms with Crippen molar-refractivity contribution in [2.75, 3.05) is 6.61 Å². The zero-order chi connectivity index (χ0) is 16.6. The normalized spacial score (nSPS) is 9.17. The number of halogens is 3. The van der Waals surface area contributed by atoms with Gasteiger partial charge in [0.25, 0.3) is 0 Å². The standard InChI is InChI=1S/C10H7F3O4.CH2O3.2K/c11-10(12,13)7-1-2-8(6(3-7)4-14)17-5-9(15)16;2-1(3)4;;/h1-4H,5H2,(H,15,16);(H2,2,3,4);;/q;;2*+1/p-2. The Bertz CT molecular complexity index is 531. The maximum atomic E-state index is 12.3. The number of carboxylic acids is 1. The number of hydrogen-bond acceptors (Lipinski definition) is 6. The van der Waals surface area contributed by atoms with E-state index in [1.807, 2.05) is 0 Å². The molecule has 0 amide bonds. The number of hydrogen-bond donors (Lipinski definition) is 1. The van der Waals surface area contributed by atoms with Crippen molar-refractivity contribution in [1.82, 2.24) is 0 Å². The van der Waals surface area contributed by atoms with E-state index in [1.54, 1.807) is 0 Å². The largest absolute Gasteiger partial charge is 1.00 e. The molecule has 116 valence electrons. The molecule has 7 nitrogen and oxygen atoms in total. The summed E-state index contributed by atoms with van der Waals surface area (Å²) < 4.78 is 41.6. The van der Waals surface area contributed by atoms with E-state index >= 15 is 0 Å². The summed E-state index contributed by atoms with van der Waals surface area (Å²) in [6, 6.07) is 2.23. The molecule has 12 heteroatoms. The number of carbonyl (C=O) groups excluding carboxylic acids is 2. The second kappa shape index (κ2) is 13.7. The fraction of sp³-hybridized carbons (Fsp3) is 0.182. The Morgan fingerprint density at radius 2 is 1.70 bits per heavy atom. The summed E-state index contributed by atoms with van der Waals surface area (Å²) in [6.07, 6.45) is -6.73. The van der Waals surface area contributed by atoms with Gasteiger partial charge in [0.15, 0.2) is 12.9 Å². The second-order valence-corrected chi connectivity index (χ2v) is 3.30. The topological polar surface area (TPSA) is 127 Å². The fourth-order valence-electron chi connectivity index (χ4n) is 1.09. The zero-order valence-corrected chi connectivity index (χ0v) is 18.3. The van der Waals surface area contributed by atoms with Crippen molar-refractivity contribution < 1.29 is 150 Å². The molecule has 23 heavy (non-hydrogen) atoms. The second-order valence-electron chi connectivity index (χ2n) is 3.30. The quantitative estimate of drug-likeness (QED) is 0.403. The average Bonchev–Trinajstić information content (AvgIpc) is 2.34. The van der Waals surface area contributed by atoms with Gasteiger partial charge in [-0.15, -0.1) is 0 Å². The summed E-state index contributed by atoms with van der Waals surface area (Å²) >= 11 is 0. The summed E-state index contributed by atoms with van der Waals surface area (Å²) in [5.41, 5.74) is -1.34. The summed E-state index contributed by atoms with van der Waals surface area (Å²) in [5.74, 6) is -1.49. The SMILES string of the molecule is O=C([O-])[O-].O=Cc1cc(C(F)(F)F)ccc1OCC(=O)O.[K+].[K+]. The zero-order valence-electron chi connectivity index (χ0n) is 12.0. The first-order chi connectivity index (χ1) is 9.57. The van der Waals surface area contributed by atoms with Gasteiger partial charge in [0, 0.05) is 0 Å². The Kier molecular flexibility index (Phi) is 16.9. The van der Waals surface area contributed by atoms with Gasteiger partial charge in [-0.3, -0.25) is 4.79 Å². The van der Waals surface area contributed by atoms with Crippen molar-refractivity contribution in [2.45, 2.75) is 6.18 Å². The average molecular weight is 386 g/mol. The van der Waals surface area contributed by atoms with Crippen LogP contribution in [0.5, 0.6) is 5.75 Å². The molecule has 0 saturated carbocycles. The van der Waals surface area contributed by atoms with Crippen LogP contribution in [-0.2, 0) is 11.0 Å². The van der Waals surface area contributed by atoms with Crippen LogP contribution in [0.2, 0.25) is 0 Å². The van der Waals surface area contributed by atoms with Crippen LogP contribution in [0.15, 0.2) is 18.2 Å². The van der Waals surface area contributed by atoms with Gasteiger partial charge in [-0.05, 0) is 24.4 Å². The van der Waals surface area contributed by atoms with E-state index in [-0.39, 0.29) is 120 Å².